The molecule has 3 rings (SSSR count). The van der Waals surface area contributed by atoms with Crippen molar-refractivity contribution in [1.82, 2.24) is 0 Å². The number of fused-ring (bicyclic) bond motifs is 2. The van der Waals surface area contributed by atoms with Gasteiger partial charge in [-0.3, -0.25) is 0 Å². The lowest BCUT2D eigenvalue weighted by Crippen LogP contribution is -2.28. The minimum Gasteiger partial charge on any atom is -0.496 e. The minimum absolute atomic E-state index is 0.923. The van der Waals surface area contributed by atoms with E-state index in [1.54, 1.807) is 5.56 Å². The second-order valence-electron chi connectivity index (χ2n) is 5.77. The molecule has 1 fully saturated rings. The van der Waals surface area contributed by atoms with Crippen molar-refractivity contribution in [2.45, 2.75) is 45.4 Å². The van der Waals surface area contributed by atoms with Gasteiger partial charge >= 0.3 is 0 Å². The van der Waals surface area contributed by atoms with Crippen molar-refractivity contribution < 1.29 is 4.74 Å². The van der Waals surface area contributed by atoms with E-state index in [1.807, 2.05) is 7.11 Å². The summed E-state index contributed by atoms with van der Waals surface area (Å²) in [5.41, 5.74) is 4.35. The number of aryl methyl sites for hydroxylation is 1. The van der Waals surface area contributed by atoms with Crippen LogP contribution in [0, 0.1) is 18.8 Å². The zero-order chi connectivity index (χ0) is 11.8. The summed E-state index contributed by atoms with van der Waals surface area (Å²) in [5, 5.41) is 0. The molecule has 0 aliphatic heterocycles. The van der Waals surface area contributed by atoms with Crippen molar-refractivity contribution in [2.24, 2.45) is 11.8 Å². The summed E-state index contributed by atoms with van der Waals surface area (Å²) >= 11 is 0. The second-order valence-corrected chi connectivity index (χ2v) is 5.77. The van der Waals surface area contributed by atoms with Crippen molar-refractivity contribution in [3.8, 4) is 5.75 Å². The third kappa shape index (κ3) is 1.86. The molecule has 0 heterocycles. The average Bonchev–Trinajstić information content (AvgIpc) is 2.36. The molecule has 0 N–H and O–H groups in total. The van der Waals surface area contributed by atoms with E-state index >= 15 is 0 Å². The van der Waals surface area contributed by atoms with E-state index in [1.165, 1.54) is 49.7 Å². The zero-order valence-corrected chi connectivity index (χ0v) is 11.0. The summed E-state index contributed by atoms with van der Waals surface area (Å²) in [5.74, 6) is 3.03. The predicted octanol–water partition coefficient (Wildman–Crippen LogP) is 3.91. The molecule has 0 amide bonds. The molecule has 1 nitrogen and oxygen atoms in total. The van der Waals surface area contributed by atoms with Crippen LogP contribution in [0.25, 0.3) is 0 Å². The van der Waals surface area contributed by atoms with Gasteiger partial charge in [0.25, 0.3) is 0 Å². The summed E-state index contributed by atoms with van der Waals surface area (Å²) < 4.78 is 5.62. The van der Waals surface area contributed by atoms with Gasteiger partial charge in [-0.05, 0) is 61.1 Å². The van der Waals surface area contributed by atoms with E-state index in [2.05, 4.69) is 19.1 Å². The maximum absolute atomic E-state index is 5.62. The van der Waals surface area contributed by atoms with Crippen LogP contribution >= 0.6 is 0 Å². The van der Waals surface area contributed by atoms with Crippen LogP contribution in [0.3, 0.4) is 0 Å². The second kappa shape index (κ2) is 4.36. The van der Waals surface area contributed by atoms with E-state index in [4.69, 9.17) is 4.74 Å². The van der Waals surface area contributed by atoms with Gasteiger partial charge in [-0.2, -0.15) is 0 Å². The highest BCUT2D eigenvalue weighted by atomic mass is 16.5. The molecular weight excluding hydrogens is 208 g/mol. The van der Waals surface area contributed by atoms with Crippen molar-refractivity contribution in [1.29, 1.82) is 0 Å². The highest BCUT2D eigenvalue weighted by molar-refractivity contribution is 5.47. The molecule has 0 saturated heterocycles. The van der Waals surface area contributed by atoms with Crippen molar-refractivity contribution >= 4 is 0 Å². The number of hydrogen-bond acceptors (Lipinski definition) is 1. The van der Waals surface area contributed by atoms with Crippen LogP contribution < -0.4 is 4.74 Å². The fourth-order valence-corrected chi connectivity index (χ4v) is 3.85. The molecule has 1 aromatic carbocycles. The van der Waals surface area contributed by atoms with Crippen LogP contribution in [-0.4, -0.2) is 7.11 Å². The third-order valence-corrected chi connectivity index (χ3v) is 4.77. The molecule has 0 spiro atoms. The van der Waals surface area contributed by atoms with Crippen LogP contribution in [0.15, 0.2) is 12.1 Å². The normalized spacial score (nSPS) is 27.2. The minimum atomic E-state index is 0.923. The Bertz CT molecular complexity index is 422. The number of rotatable bonds is 1. The Kier molecular flexibility index (Phi) is 2.85. The number of methoxy groups -OCH3 is 1. The van der Waals surface area contributed by atoms with Gasteiger partial charge in [0, 0.05) is 0 Å². The van der Waals surface area contributed by atoms with Gasteiger partial charge in [-0.15, -0.1) is 0 Å². The van der Waals surface area contributed by atoms with Crippen molar-refractivity contribution in [3.05, 3.63) is 28.8 Å². The van der Waals surface area contributed by atoms with E-state index < -0.39 is 0 Å². The maximum atomic E-state index is 5.62. The van der Waals surface area contributed by atoms with E-state index in [9.17, 15) is 0 Å². The monoisotopic (exact) mass is 230 g/mol. The highest BCUT2D eigenvalue weighted by Crippen LogP contribution is 2.43. The Morgan fingerprint density at radius 1 is 1.06 bits per heavy atom. The van der Waals surface area contributed by atoms with Gasteiger partial charge in [0.2, 0.25) is 0 Å². The highest BCUT2D eigenvalue weighted by Gasteiger charge is 2.32. The van der Waals surface area contributed by atoms with Crippen molar-refractivity contribution in [2.75, 3.05) is 7.11 Å². The fraction of sp³-hybridized carbons (Fsp3) is 0.625. The largest absolute Gasteiger partial charge is 0.496 e. The zero-order valence-electron chi connectivity index (χ0n) is 11.0. The number of hydrogen-bond donors (Lipinski definition) is 0. The summed E-state index contributed by atoms with van der Waals surface area (Å²) in [4.78, 5) is 0. The molecule has 1 saturated carbocycles. The molecule has 92 valence electrons. The van der Waals surface area contributed by atoms with Crippen LogP contribution in [0.5, 0.6) is 5.75 Å². The van der Waals surface area contributed by atoms with Gasteiger partial charge in [0.05, 0.1) is 7.11 Å². The lowest BCUT2D eigenvalue weighted by Gasteiger charge is -2.37. The van der Waals surface area contributed by atoms with Gasteiger partial charge in [0.1, 0.15) is 5.75 Å². The molecule has 2 aliphatic rings. The number of benzene rings is 1. The Balaban J connectivity index is 1.99. The molecule has 2 aliphatic carbocycles. The lowest BCUT2D eigenvalue weighted by molar-refractivity contribution is 0.218. The van der Waals surface area contributed by atoms with E-state index in [0.717, 1.165) is 17.6 Å². The quantitative estimate of drug-likeness (QED) is 0.710. The SMILES string of the molecule is COc1c(C)ccc2c1C[C@@H]1CCCC[C@H]1C2. The molecular formula is C16H22O. The standard InChI is InChI=1S/C16H22O/c1-11-7-8-14-9-12-5-3-4-6-13(12)10-15(14)16(11)17-2/h7-8,12-13H,3-6,9-10H2,1-2H3/t12-,13-/m0/s1. The van der Waals surface area contributed by atoms with Gasteiger partial charge in [-0.25, -0.2) is 0 Å². The Labute approximate surface area is 104 Å². The molecule has 1 heteroatoms. The first kappa shape index (κ1) is 11.1. The number of ether oxygens (including phenoxy) is 1. The van der Waals surface area contributed by atoms with Gasteiger partial charge < -0.3 is 4.74 Å². The van der Waals surface area contributed by atoms with Crippen LogP contribution in [-0.2, 0) is 12.8 Å². The Morgan fingerprint density at radius 2 is 1.76 bits per heavy atom. The lowest BCUT2D eigenvalue weighted by atomic mass is 9.68. The first-order valence-electron chi connectivity index (χ1n) is 6.95. The Hall–Kier alpha value is -0.980. The summed E-state index contributed by atoms with van der Waals surface area (Å²) in [7, 11) is 1.82. The first-order valence-corrected chi connectivity index (χ1v) is 6.95. The third-order valence-electron chi connectivity index (χ3n) is 4.77. The van der Waals surface area contributed by atoms with E-state index in [0.29, 0.717) is 0 Å². The van der Waals surface area contributed by atoms with Gasteiger partial charge in [-0.1, -0.05) is 25.0 Å². The summed E-state index contributed by atoms with van der Waals surface area (Å²) in [6.07, 6.45) is 8.30. The average molecular weight is 230 g/mol. The molecule has 0 radical (unpaired) electrons. The molecule has 17 heavy (non-hydrogen) atoms. The molecule has 0 bridgehead atoms. The maximum Gasteiger partial charge on any atom is 0.125 e. The molecule has 0 unspecified atom stereocenters. The van der Waals surface area contributed by atoms with Gasteiger partial charge in [0.15, 0.2) is 0 Å². The summed E-state index contributed by atoms with van der Waals surface area (Å²) in [6.45, 7) is 2.16. The topological polar surface area (TPSA) is 9.23 Å². The van der Waals surface area contributed by atoms with E-state index in [-0.39, 0.29) is 0 Å². The predicted molar refractivity (Wildman–Crippen MR) is 70.6 cm³/mol. The molecule has 2 atom stereocenters. The van der Waals surface area contributed by atoms with Crippen LogP contribution in [0.4, 0.5) is 0 Å². The smallest absolute Gasteiger partial charge is 0.125 e. The van der Waals surface area contributed by atoms with Crippen LogP contribution in [0.2, 0.25) is 0 Å². The van der Waals surface area contributed by atoms with Crippen LogP contribution in [0.1, 0.15) is 42.4 Å². The first-order chi connectivity index (χ1) is 8.29. The Morgan fingerprint density at radius 3 is 2.47 bits per heavy atom. The molecule has 1 aromatic rings. The summed E-state index contributed by atoms with van der Waals surface area (Å²) in [6, 6.07) is 4.55. The fourth-order valence-electron chi connectivity index (χ4n) is 3.85. The molecule has 0 aromatic heterocycles. The van der Waals surface area contributed by atoms with Crippen molar-refractivity contribution in [3.63, 3.8) is 0 Å².